The number of aromatic nitrogens is 1. The molecule has 0 radical (unpaired) electrons. The second-order valence-corrected chi connectivity index (χ2v) is 7.90. The van der Waals surface area contributed by atoms with Gasteiger partial charge in [-0.15, -0.1) is 0 Å². The normalized spacial score (nSPS) is 10.8. The van der Waals surface area contributed by atoms with E-state index < -0.39 is 0 Å². The Morgan fingerprint density at radius 1 is 0.935 bits per heavy atom. The average Bonchev–Trinajstić information content (AvgIpc) is 3.11. The van der Waals surface area contributed by atoms with E-state index in [1.807, 2.05) is 37.3 Å². The van der Waals surface area contributed by atoms with Gasteiger partial charge in [0, 0.05) is 42.9 Å². The number of para-hydroxylation sites is 1. The van der Waals surface area contributed by atoms with E-state index in [-0.39, 0.29) is 0 Å². The molecule has 158 valence electrons. The van der Waals surface area contributed by atoms with E-state index in [1.54, 1.807) is 0 Å². The summed E-state index contributed by atoms with van der Waals surface area (Å²) in [5, 5.41) is 5.35. The molecular weight excluding hydrogens is 402 g/mol. The van der Waals surface area contributed by atoms with Crippen molar-refractivity contribution < 1.29 is 4.74 Å². The maximum Gasteiger partial charge on any atom is 0.174 e. The van der Waals surface area contributed by atoms with Crippen LogP contribution >= 0.6 is 12.2 Å². The van der Waals surface area contributed by atoms with Gasteiger partial charge in [0.25, 0.3) is 0 Å². The molecule has 4 aromatic rings. The van der Waals surface area contributed by atoms with Crippen molar-refractivity contribution >= 4 is 33.9 Å². The molecule has 5 heteroatoms. The molecule has 1 heterocycles. The van der Waals surface area contributed by atoms with Crippen molar-refractivity contribution in [1.82, 2.24) is 9.47 Å². The molecule has 0 amide bonds. The van der Waals surface area contributed by atoms with Gasteiger partial charge in [-0.1, -0.05) is 48.5 Å². The first kappa shape index (κ1) is 20.9. The summed E-state index contributed by atoms with van der Waals surface area (Å²) >= 11 is 5.85. The average molecular weight is 430 g/mol. The lowest BCUT2D eigenvalue weighted by Crippen LogP contribution is -2.33. The zero-order chi connectivity index (χ0) is 21.6. The van der Waals surface area contributed by atoms with Crippen LogP contribution in [0.1, 0.15) is 18.1 Å². The van der Waals surface area contributed by atoms with E-state index in [2.05, 4.69) is 76.6 Å². The highest BCUT2D eigenvalue weighted by Crippen LogP contribution is 2.23. The van der Waals surface area contributed by atoms with Gasteiger partial charge in [-0.05, 0) is 60.6 Å². The van der Waals surface area contributed by atoms with E-state index in [4.69, 9.17) is 17.0 Å². The predicted molar refractivity (Wildman–Crippen MR) is 132 cm³/mol. The fourth-order valence-electron chi connectivity index (χ4n) is 3.76. The summed E-state index contributed by atoms with van der Waals surface area (Å²) in [6, 6.07) is 26.8. The van der Waals surface area contributed by atoms with Crippen LogP contribution in [0.5, 0.6) is 5.75 Å². The molecule has 0 saturated heterocycles. The van der Waals surface area contributed by atoms with Crippen LogP contribution in [0.25, 0.3) is 10.9 Å². The number of ether oxygens (including phenoxy) is 1. The van der Waals surface area contributed by atoms with Crippen molar-refractivity contribution in [2.24, 2.45) is 7.05 Å². The SMILES string of the molecule is CCOc1ccc(NC(=S)N(Cc2ccccc2)Cc2cn(C)c3ccccc23)cc1. The Morgan fingerprint density at radius 2 is 1.65 bits per heavy atom. The molecule has 0 aliphatic heterocycles. The minimum absolute atomic E-state index is 0.654. The largest absolute Gasteiger partial charge is 0.494 e. The number of hydrogen-bond donors (Lipinski definition) is 1. The van der Waals surface area contributed by atoms with Crippen LogP contribution in [0, 0.1) is 0 Å². The Hall–Kier alpha value is -3.31. The van der Waals surface area contributed by atoms with Crippen molar-refractivity contribution in [3.8, 4) is 5.75 Å². The standard InChI is InChI=1S/C26H27N3OS/c1-3-30-23-15-13-22(14-16-23)27-26(31)29(17-20-9-5-4-6-10-20)19-21-18-28(2)25-12-8-7-11-24(21)25/h4-16,18H,3,17,19H2,1-2H3,(H,27,31). The zero-order valence-electron chi connectivity index (χ0n) is 17.9. The lowest BCUT2D eigenvalue weighted by Gasteiger charge is -2.26. The van der Waals surface area contributed by atoms with Gasteiger partial charge in [0.15, 0.2) is 5.11 Å². The maximum absolute atomic E-state index is 5.85. The molecule has 0 spiro atoms. The van der Waals surface area contributed by atoms with Crippen LogP contribution in [-0.2, 0) is 20.1 Å². The third-order valence-electron chi connectivity index (χ3n) is 5.26. The molecule has 1 N–H and O–H groups in total. The first-order valence-electron chi connectivity index (χ1n) is 10.5. The minimum atomic E-state index is 0.654. The van der Waals surface area contributed by atoms with Gasteiger partial charge >= 0.3 is 0 Å². The molecule has 4 nitrogen and oxygen atoms in total. The number of nitrogens with one attached hydrogen (secondary N) is 1. The second-order valence-electron chi connectivity index (χ2n) is 7.51. The highest BCUT2D eigenvalue weighted by Gasteiger charge is 2.15. The summed E-state index contributed by atoms with van der Waals surface area (Å²) < 4.78 is 7.72. The second kappa shape index (κ2) is 9.67. The fraction of sp³-hybridized carbons (Fsp3) is 0.192. The van der Waals surface area contributed by atoms with Crippen LogP contribution in [0.4, 0.5) is 5.69 Å². The lowest BCUT2D eigenvalue weighted by atomic mass is 10.1. The Morgan fingerprint density at radius 3 is 2.39 bits per heavy atom. The molecule has 3 aromatic carbocycles. The number of rotatable bonds is 7. The van der Waals surface area contributed by atoms with Crippen molar-refractivity contribution in [2.75, 3.05) is 11.9 Å². The molecule has 0 fully saturated rings. The lowest BCUT2D eigenvalue weighted by molar-refractivity contribution is 0.340. The van der Waals surface area contributed by atoms with Gasteiger partial charge in [-0.25, -0.2) is 0 Å². The smallest absolute Gasteiger partial charge is 0.174 e. The van der Waals surface area contributed by atoms with E-state index in [0.29, 0.717) is 11.7 Å². The Kier molecular flexibility index (Phi) is 6.53. The van der Waals surface area contributed by atoms with Crippen LogP contribution in [-0.4, -0.2) is 21.2 Å². The molecule has 4 rings (SSSR count). The summed E-state index contributed by atoms with van der Waals surface area (Å²) in [6.45, 7) is 4.09. The number of fused-ring (bicyclic) bond motifs is 1. The molecule has 0 aliphatic rings. The van der Waals surface area contributed by atoms with Crippen molar-refractivity contribution in [2.45, 2.75) is 20.0 Å². The predicted octanol–water partition coefficient (Wildman–Crippen LogP) is 5.98. The molecule has 0 unspecified atom stereocenters. The van der Waals surface area contributed by atoms with Crippen molar-refractivity contribution in [1.29, 1.82) is 0 Å². The maximum atomic E-state index is 5.85. The molecule has 1 aromatic heterocycles. The highest BCUT2D eigenvalue weighted by atomic mass is 32.1. The topological polar surface area (TPSA) is 29.4 Å². The van der Waals surface area contributed by atoms with E-state index in [0.717, 1.165) is 24.5 Å². The molecule has 0 bridgehead atoms. The van der Waals surface area contributed by atoms with Gasteiger partial charge in [-0.2, -0.15) is 0 Å². The first-order chi connectivity index (χ1) is 15.1. The van der Waals surface area contributed by atoms with Crippen molar-refractivity contribution in [3.63, 3.8) is 0 Å². The number of nitrogens with zero attached hydrogens (tertiary/aromatic N) is 2. The third kappa shape index (κ3) is 5.06. The van der Waals surface area contributed by atoms with Gasteiger partial charge in [0.2, 0.25) is 0 Å². The molecule has 0 saturated carbocycles. The van der Waals surface area contributed by atoms with E-state index >= 15 is 0 Å². The summed E-state index contributed by atoms with van der Waals surface area (Å²) in [7, 11) is 2.09. The fourth-order valence-corrected chi connectivity index (χ4v) is 4.01. The van der Waals surface area contributed by atoms with Crippen LogP contribution in [0.15, 0.2) is 85.1 Å². The van der Waals surface area contributed by atoms with Gasteiger partial charge in [0.05, 0.1) is 6.61 Å². The molecule has 0 aliphatic carbocycles. The van der Waals surface area contributed by atoms with E-state index in [1.165, 1.54) is 22.0 Å². The Labute approximate surface area is 189 Å². The molecule has 0 atom stereocenters. The highest BCUT2D eigenvalue weighted by molar-refractivity contribution is 7.80. The van der Waals surface area contributed by atoms with Gasteiger partial charge in [0.1, 0.15) is 5.75 Å². The van der Waals surface area contributed by atoms with Gasteiger partial charge < -0.3 is 19.5 Å². The number of thiocarbonyl (C=S) groups is 1. The summed E-state index contributed by atoms with van der Waals surface area (Å²) in [4.78, 5) is 2.21. The number of aryl methyl sites for hydroxylation is 1. The Balaban J connectivity index is 1.58. The van der Waals surface area contributed by atoms with Crippen molar-refractivity contribution in [3.05, 3.63) is 96.2 Å². The summed E-state index contributed by atoms with van der Waals surface area (Å²) in [5.41, 5.74) is 4.65. The summed E-state index contributed by atoms with van der Waals surface area (Å²) in [5.74, 6) is 0.857. The molecule has 31 heavy (non-hydrogen) atoms. The van der Waals surface area contributed by atoms with Crippen LogP contribution in [0.2, 0.25) is 0 Å². The monoisotopic (exact) mass is 429 g/mol. The van der Waals surface area contributed by atoms with Gasteiger partial charge in [-0.3, -0.25) is 0 Å². The Bertz CT molecular complexity index is 1150. The first-order valence-corrected chi connectivity index (χ1v) is 10.9. The van der Waals surface area contributed by atoms with Crippen LogP contribution in [0.3, 0.4) is 0 Å². The van der Waals surface area contributed by atoms with E-state index in [9.17, 15) is 0 Å². The summed E-state index contributed by atoms with van der Waals surface area (Å²) in [6.07, 6.45) is 2.20. The number of hydrogen-bond acceptors (Lipinski definition) is 2. The third-order valence-corrected chi connectivity index (χ3v) is 5.62. The molecular formula is C26H27N3OS. The number of benzene rings is 3. The van der Waals surface area contributed by atoms with Crippen LogP contribution < -0.4 is 10.1 Å². The quantitative estimate of drug-likeness (QED) is 0.366. The zero-order valence-corrected chi connectivity index (χ0v) is 18.7. The number of anilines is 1. The minimum Gasteiger partial charge on any atom is -0.494 e.